The average molecular weight is 345 g/mol. The van der Waals surface area contributed by atoms with E-state index in [1.165, 1.54) is 23.9 Å². The van der Waals surface area contributed by atoms with Gasteiger partial charge in [-0.25, -0.2) is 4.39 Å². The predicted octanol–water partition coefficient (Wildman–Crippen LogP) is 3.23. The Labute approximate surface area is 142 Å². The summed E-state index contributed by atoms with van der Waals surface area (Å²) in [6.45, 7) is 0.320. The number of carbonyl (C=O) groups is 1. The maximum Gasteiger partial charge on any atom is 0.230 e. The first-order valence-corrected chi connectivity index (χ1v) is 8.32. The molecular formula is C17H16FN3O2S. The number of nitrogens with zero attached hydrogens (tertiary/aromatic N) is 2. The monoisotopic (exact) mass is 345 g/mol. The van der Waals surface area contributed by atoms with E-state index in [0.29, 0.717) is 18.1 Å². The number of thioether (sulfide) groups is 1. The molecule has 0 unspecified atom stereocenters. The lowest BCUT2D eigenvalue weighted by molar-refractivity contribution is -0.118. The third kappa shape index (κ3) is 4.05. The van der Waals surface area contributed by atoms with Crippen LogP contribution in [-0.2, 0) is 18.4 Å². The van der Waals surface area contributed by atoms with Gasteiger partial charge in [-0.2, -0.15) is 5.10 Å². The molecule has 124 valence electrons. The number of benzene rings is 1. The molecule has 0 spiro atoms. The SMILES string of the molecule is Cn1nccc1-c1ccc(CNC(=O)CSc2ccc(F)cc2)o1. The van der Waals surface area contributed by atoms with Crippen molar-refractivity contribution in [1.82, 2.24) is 15.1 Å². The first-order valence-electron chi connectivity index (χ1n) is 7.34. The minimum absolute atomic E-state index is 0.109. The van der Waals surface area contributed by atoms with Crippen LogP contribution < -0.4 is 5.32 Å². The van der Waals surface area contributed by atoms with E-state index in [4.69, 9.17) is 4.42 Å². The summed E-state index contributed by atoms with van der Waals surface area (Å²) in [5.74, 6) is 1.25. The first kappa shape index (κ1) is 16.3. The molecule has 0 fully saturated rings. The second-order valence-corrected chi connectivity index (χ2v) is 6.17. The molecule has 3 rings (SSSR count). The zero-order chi connectivity index (χ0) is 16.9. The standard InChI is InChI=1S/C17H16FN3O2S/c1-21-15(8-9-20-21)16-7-4-13(23-16)10-19-17(22)11-24-14-5-2-12(18)3-6-14/h2-9H,10-11H2,1H3,(H,19,22). The fraction of sp³-hybridized carbons (Fsp3) is 0.176. The number of hydrogen-bond acceptors (Lipinski definition) is 4. The topological polar surface area (TPSA) is 60.1 Å². The number of carbonyl (C=O) groups excluding carboxylic acids is 1. The molecule has 1 amide bonds. The zero-order valence-corrected chi connectivity index (χ0v) is 13.8. The number of nitrogens with one attached hydrogen (secondary N) is 1. The molecule has 2 aromatic heterocycles. The van der Waals surface area contributed by atoms with E-state index in [1.54, 1.807) is 23.0 Å². The van der Waals surface area contributed by atoms with Crippen molar-refractivity contribution < 1.29 is 13.6 Å². The highest BCUT2D eigenvalue weighted by atomic mass is 32.2. The van der Waals surface area contributed by atoms with E-state index in [2.05, 4.69) is 10.4 Å². The molecule has 0 saturated carbocycles. The van der Waals surface area contributed by atoms with Crippen LogP contribution in [0.25, 0.3) is 11.5 Å². The molecule has 0 aliphatic rings. The van der Waals surface area contributed by atoms with Gasteiger partial charge in [0, 0.05) is 18.1 Å². The van der Waals surface area contributed by atoms with E-state index in [1.807, 2.05) is 25.2 Å². The largest absolute Gasteiger partial charge is 0.458 e. The normalized spacial score (nSPS) is 10.8. The van der Waals surface area contributed by atoms with E-state index >= 15 is 0 Å². The van der Waals surface area contributed by atoms with Crippen molar-refractivity contribution in [2.45, 2.75) is 11.4 Å². The van der Waals surface area contributed by atoms with Crippen molar-refractivity contribution in [3.63, 3.8) is 0 Å². The van der Waals surface area contributed by atoms with Crippen LogP contribution >= 0.6 is 11.8 Å². The number of furan rings is 1. The van der Waals surface area contributed by atoms with Crippen LogP contribution in [0.3, 0.4) is 0 Å². The molecule has 0 bridgehead atoms. The summed E-state index contributed by atoms with van der Waals surface area (Å²) in [5, 5.41) is 6.90. The average Bonchev–Trinajstić information content (AvgIpc) is 3.21. The van der Waals surface area contributed by atoms with Gasteiger partial charge in [0.15, 0.2) is 5.76 Å². The molecule has 5 nitrogen and oxygen atoms in total. The van der Waals surface area contributed by atoms with Crippen molar-refractivity contribution in [1.29, 1.82) is 0 Å². The number of halogens is 1. The van der Waals surface area contributed by atoms with Crippen molar-refractivity contribution in [2.75, 3.05) is 5.75 Å². The van der Waals surface area contributed by atoms with Crippen molar-refractivity contribution in [3.8, 4) is 11.5 Å². The number of aryl methyl sites for hydroxylation is 1. The van der Waals surface area contributed by atoms with Crippen LogP contribution in [0.4, 0.5) is 4.39 Å². The highest BCUT2D eigenvalue weighted by Gasteiger charge is 2.09. The quantitative estimate of drug-likeness (QED) is 0.697. The number of hydrogen-bond donors (Lipinski definition) is 1. The summed E-state index contributed by atoms with van der Waals surface area (Å²) >= 11 is 1.36. The Hall–Kier alpha value is -2.54. The summed E-state index contributed by atoms with van der Waals surface area (Å²) in [7, 11) is 1.84. The zero-order valence-electron chi connectivity index (χ0n) is 13.0. The lowest BCUT2D eigenvalue weighted by Gasteiger charge is -2.04. The molecule has 1 aromatic carbocycles. The van der Waals surface area contributed by atoms with E-state index in [0.717, 1.165) is 10.6 Å². The molecule has 24 heavy (non-hydrogen) atoms. The number of amides is 1. The van der Waals surface area contributed by atoms with E-state index in [9.17, 15) is 9.18 Å². The highest BCUT2D eigenvalue weighted by Crippen LogP contribution is 2.21. The maximum atomic E-state index is 12.8. The Morgan fingerprint density at radius 2 is 2.04 bits per heavy atom. The highest BCUT2D eigenvalue weighted by molar-refractivity contribution is 8.00. The third-order valence-corrected chi connectivity index (χ3v) is 4.39. The summed E-state index contributed by atoms with van der Waals surface area (Å²) in [6.07, 6.45) is 1.70. The molecule has 7 heteroatoms. The molecule has 0 aliphatic carbocycles. The fourth-order valence-corrected chi connectivity index (χ4v) is 2.87. The molecule has 0 radical (unpaired) electrons. The summed E-state index contributed by atoms with van der Waals surface area (Å²) in [4.78, 5) is 12.7. The molecule has 0 atom stereocenters. The van der Waals surface area contributed by atoms with Gasteiger partial charge in [0.1, 0.15) is 17.3 Å². The smallest absolute Gasteiger partial charge is 0.230 e. The summed E-state index contributed by atoms with van der Waals surface area (Å²) in [6, 6.07) is 11.6. The Morgan fingerprint density at radius 3 is 2.75 bits per heavy atom. The van der Waals surface area contributed by atoms with Gasteiger partial charge in [0.2, 0.25) is 5.91 Å². The fourth-order valence-electron chi connectivity index (χ4n) is 2.14. The lowest BCUT2D eigenvalue weighted by atomic mass is 10.3. The Kier molecular flexibility index (Phi) is 5.00. The summed E-state index contributed by atoms with van der Waals surface area (Å²) in [5.41, 5.74) is 0.874. The van der Waals surface area contributed by atoms with Gasteiger partial charge in [0.25, 0.3) is 0 Å². The van der Waals surface area contributed by atoms with Crippen LogP contribution in [0.1, 0.15) is 5.76 Å². The second-order valence-electron chi connectivity index (χ2n) is 5.13. The van der Waals surface area contributed by atoms with Crippen LogP contribution in [0.2, 0.25) is 0 Å². The second kappa shape index (κ2) is 7.35. The molecule has 3 aromatic rings. The maximum absolute atomic E-state index is 12.8. The first-order chi connectivity index (χ1) is 11.6. The molecular weight excluding hydrogens is 329 g/mol. The van der Waals surface area contributed by atoms with Crippen LogP contribution in [0.5, 0.6) is 0 Å². The van der Waals surface area contributed by atoms with Gasteiger partial charge < -0.3 is 9.73 Å². The lowest BCUT2D eigenvalue weighted by Crippen LogP contribution is -2.24. The van der Waals surface area contributed by atoms with Crippen LogP contribution in [0.15, 0.2) is 58.0 Å². The minimum Gasteiger partial charge on any atom is -0.458 e. The number of aromatic nitrogens is 2. The third-order valence-electron chi connectivity index (χ3n) is 3.38. The van der Waals surface area contributed by atoms with Gasteiger partial charge in [0.05, 0.1) is 12.3 Å². The molecule has 2 heterocycles. The van der Waals surface area contributed by atoms with E-state index in [-0.39, 0.29) is 17.5 Å². The van der Waals surface area contributed by atoms with Gasteiger partial charge >= 0.3 is 0 Å². The van der Waals surface area contributed by atoms with Gasteiger partial charge in [-0.15, -0.1) is 11.8 Å². The summed E-state index contributed by atoms with van der Waals surface area (Å²) < 4.78 is 20.3. The Balaban J connectivity index is 1.49. The van der Waals surface area contributed by atoms with Gasteiger partial charge in [-0.3, -0.25) is 9.48 Å². The minimum atomic E-state index is -0.286. The van der Waals surface area contributed by atoms with Crippen LogP contribution in [-0.4, -0.2) is 21.4 Å². The van der Waals surface area contributed by atoms with Crippen molar-refractivity contribution >= 4 is 17.7 Å². The molecule has 0 aliphatic heterocycles. The molecule has 1 N–H and O–H groups in total. The molecule has 0 saturated heterocycles. The number of rotatable bonds is 6. The van der Waals surface area contributed by atoms with Crippen LogP contribution in [0, 0.1) is 5.82 Å². The Bertz CT molecular complexity index is 826. The van der Waals surface area contributed by atoms with Crippen molar-refractivity contribution in [3.05, 3.63) is 60.2 Å². The predicted molar refractivity (Wildman–Crippen MR) is 89.9 cm³/mol. The van der Waals surface area contributed by atoms with E-state index < -0.39 is 0 Å². The van der Waals surface area contributed by atoms with Gasteiger partial charge in [-0.05, 0) is 42.5 Å². The van der Waals surface area contributed by atoms with Gasteiger partial charge in [-0.1, -0.05) is 0 Å². The Morgan fingerprint density at radius 1 is 1.25 bits per heavy atom. The van der Waals surface area contributed by atoms with Crippen molar-refractivity contribution in [2.24, 2.45) is 7.05 Å².